The standard InChI is InChI=1S/C23H29F2NO6S/c1-22(2,3)32-21(27)7-4-17(13-24)14-31-18-5-6-20(19(25)12-18)33(28,29)16-23(15-26)8-10-30-11-9-23/h5-6,12-13H,4,7-11,14,16H2,1-3H3/b17-13+. The summed E-state index contributed by atoms with van der Waals surface area (Å²) in [6.45, 7) is 5.47. The van der Waals surface area contributed by atoms with Crippen molar-refractivity contribution in [2.24, 2.45) is 5.41 Å². The Balaban J connectivity index is 2.00. The van der Waals surface area contributed by atoms with Crippen molar-refractivity contribution in [3.63, 3.8) is 0 Å². The van der Waals surface area contributed by atoms with E-state index in [9.17, 15) is 27.3 Å². The van der Waals surface area contributed by atoms with Gasteiger partial charge in [0, 0.05) is 25.7 Å². The Morgan fingerprint density at radius 3 is 2.48 bits per heavy atom. The van der Waals surface area contributed by atoms with Crippen LogP contribution in [0.5, 0.6) is 5.75 Å². The molecule has 0 bridgehead atoms. The third kappa shape index (κ3) is 8.09. The van der Waals surface area contributed by atoms with Crippen molar-refractivity contribution in [3.05, 3.63) is 35.9 Å². The van der Waals surface area contributed by atoms with Gasteiger partial charge in [-0.25, -0.2) is 17.2 Å². The lowest BCUT2D eigenvalue weighted by atomic mass is 9.84. The SMILES string of the molecule is CC(C)(C)OC(=O)CC/C(=C\F)COc1ccc(S(=O)(=O)CC2(C#N)CCOCC2)c(F)c1. The molecular formula is C23H29F2NO6S. The molecule has 1 aromatic rings. The molecule has 0 aromatic heterocycles. The van der Waals surface area contributed by atoms with E-state index in [1.54, 1.807) is 20.8 Å². The first-order chi connectivity index (χ1) is 15.4. The highest BCUT2D eigenvalue weighted by atomic mass is 32.2. The normalized spacial score (nSPS) is 16.7. The molecule has 0 atom stereocenters. The van der Waals surface area contributed by atoms with Crippen molar-refractivity contribution in [2.75, 3.05) is 25.6 Å². The minimum atomic E-state index is -4.08. The summed E-state index contributed by atoms with van der Waals surface area (Å²) in [6, 6.07) is 5.31. The molecule has 0 N–H and O–H groups in total. The van der Waals surface area contributed by atoms with Crippen LogP contribution in [0.3, 0.4) is 0 Å². The van der Waals surface area contributed by atoms with Crippen molar-refractivity contribution in [2.45, 2.75) is 57.0 Å². The van der Waals surface area contributed by atoms with Crippen LogP contribution in [-0.2, 0) is 24.1 Å². The molecule has 0 amide bonds. The molecule has 0 unspecified atom stereocenters. The third-order valence-corrected chi connectivity index (χ3v) is 6.97. The fraction of sp³-hybridized carbons (Fsp3) is 0.565. The summed E-state index contributed by atoms with van der Waals surface area (Å²) in [4.78, 5) is 11.2. The van der Waals surface area contributed by atoms with Crippen LogP contribution in [0.25, 0.3) is 0 Å². The highest BCUT2D eigenvalue weighted by Crippen LogP contribution is 2.34. The van der Waals surface area contributed by atoms with Crippen LogP contribution >= 0.6 is 0 Å². The summed E-state index contributed by atoms with van der Waals surface area (Å²) in [6.07, 6.45) is 0.836. The first kappa shape index (κ1) is 26.7. The van der Waals surface area contributed by atoms with Gasteiger partial charge >= 0.3 is 5.97 Å². The Hall–Kier alpha value is -2.51. The van der Waals surface area contributed by atoms with Crippen LogP contribution in [0.4, 0.5) is 8.78 Å². The maximum Gasteiger partial charge on any atom is 0.306 e. The fourth-order valence-electron chi connectivity index (χ4n) is 3.31. The third-order valence-electron chi connectivity index (χ3n) is 5.04. The number of hydrogen-bond donors (Lipinski definition) is 0. The second-order valence-corrected chi connectivity index (χ2v) is 11.0. The molecule has 0 aliphatic carbocycles. The minimum absolute atomic E-state index is 0.00382. The summed E-state index contributed by atoms with van der Waals surface area (Å²) in [7, 11) is -4.08. The van der Waals surface area contributed by atoms with E-state index in [2.05, 4.69) is 6.07 Å². The Bertz CT molecular complexity index is 1020. The number of nitrogens with zero attached hydrogens (tertiary/aromatic N) is 1. The van der Waals surface area contributed by atoms with Crippen LogP contribution in [0, 0.1) is 22.6 Å². The second kappa shape index (κ2) is 11.1. The molecule has 10 heteroatoms. The smallest absolute Gasteiger partial charge is 0.306 e. The predicted octanol–water partition coefficient (Wildman–Crippen LogP) is 4.27. The van der Waals surface area contributed by atoms with E-state index < -0.39 is 43.3 Å². The van der Waals surface area contributed by atoms with Crippen LogP contribution < -0.4 is 4.74 Å². The fourth-order valence-corrected chi connectivity index (χ4v) is 5.17. The van der Waals surface area contributed by atoms with Crippen molar-refractivity contribution in [1.29, 1.82) is 5.26 Å². The Morgan fingerprint density at radius 2 is 1.94 bits per heavy atom. The maximum absolute atomic E-state index is 14.6. The van der Waals surface area contributed by atoms with Gasteiger partial charge in [0.25, 0.3) is 0 Å². The first-order valence-electron chi connectivity index (χ1n) is 10.5. The summed E-state index contributed by atoms with van der Waals surface area (Å²) in [5.74, 6) is -2.01. The number of benzene rings is 1. The van der Waals surface area contributed by atoms with Gasteiger partial charge in [-0.15, -0.1) is 0 Å². The number of ether oxygens (including phenoxy) is 3. The average Bonchev–Trinajstić information content (AvgIpc) is 2.72. The maximum atomic E-state index is 14.6. The Kier molecular flexibility index (Phi) is 8.97. The van der Waals surface area contributed by atoms with Gasteiger partial charge in [-0.05, 0) is 57.7 Å². The number of sulfone groups is 1. The van der Waals surface area contributed by atoms with E-state index in [1.807, 2.05) is 0 Å². The van der Waals surface area contributed by atoms with E-state index >= 15 is 0 Å². The van der Waals surface area contributed by atoms with E-state index in [4.69, 9.17) is 14.2 Å². The number of rotatable bonds is 9. The highest BCUT2D eigenvalue weighted by Gasteiger charge is 2.39. The van der Waals surface area contributed by atoms with Crippen molar-refractivity contribution in [1.82, 2.24) is 0 Å². The second-order valence-electron chi connectivity index (χ2n) is 9.00. The first-order valence-corrected chi connectivity index (χ1v) is 12.2. The Morgan fingerprint density at radius 1 is 1.27 bits per heavy atom. The van der Waals surface area contributed by atoms with Gasteiger partial charge in [0.1, 0.15) is 28.7 Å². The number of carbonyl (C=O) groups excluding carboxylic acids is 1. The molecule has 7 nitrogen and oxygen atoms in total. The average molecular weight is 486 g/mol. The largest absolute Gasteiger partial charge is 0.489 e. The topological polar surface area (TPSA) is 103 Å². The minimum Gasteiger partial charge on any atom is -0.489 e. The van der Waals surface area contributed by atoms with Gasteiger partial charge in [0.05, 0.1) is 23.6 Å². The zero-order valence-corrected chi connectivity index (χ0v) is 19.8. The lowest BCUT2D eigenvalue weighted by molar-refractivity contribution is -0.154. The summed E-state index contributed by atoms with van der Waals surface area (Å²) >= 11 is 0. The Labute approximate surface area is 193 Å². The highest BCUT2D eigenvalue weighted by molar-refractivity contribution is 7.91. The summed E-state index contributed by atoms with van der Waals surface area (Å²) < 4.78 is 69.1. The van der Waals surface area contributed by atoms with Crippen LogP contribution in [0.15, 0.2) is 35.0 Å². The van der Waals surface area contributed by atoms with Crippen molar-refractivity contribution >= 4 is 15.8 Å². The van der Waals surface area contributed by atoms with Crippen LogP contribution in [0.2, 0.25) is 0 Å². The quantitative estimate of drug-likeness (QED) is 0.481. The molecule has 1 aliphatic heterocycles. The lowest BCUT2D eigenvalue weighted by Crippen LogP contribution is -2.35. The molecule has 2 rings (SSSR count). The summed E-state index contributed by atoms with van der Waals surface area (Å²) in [5, 5.41) is 9.50. The number of hydrogen-bond acceptors (Lipinski definition) is 7. The van der Waals surface area contributed by atoms with E-state index in [0.717, 1.165) is 12.1 Å². The van der Waals surface area contributed by atoms with E-state index in [0.29, 0.717) is 6.33 Å². The zero-order valence-electron chi connectivity index (χ0n) is 19.0. The number of carbonyl (C=O) groups is 1. The van der Waals surface area contributed by atoms with Gasteiger partial charge in [-0.3, -0.25) is 4.79 Å². The molecule has 1 saturated heterocycles. The van der Waals surface area contributed by atoms with Gasteiger partial charge < -0.3 is 14.2 Å². The van der Waals surface area contributed by atoms with Crippen LogP contribution in [-0.4, -0.2) is 45.6 Å². The van der Waals surface area contributed by atoms with Gasteiger partial charge in [-0.1, -0.05) is 0 Å². The molecular weight excluding hydrogens is 456 g/mol. The number of halogens is 2. The molecule has 0 saturated carbocycles. The van der Waals surface area contributed by atoms with Gasteiger partial charge in [0.2, 0.25) is 0 Å². The molecule has 1 aliphatic rings. The van der Waals surface area contributed by atoms with Crippen molar-refractivity contribution in [3.8, 4) is 11.8 Å². The molecule has 33 heavy (non-hydrogen) atoms. The van der Waals surface area contributed by atoms with E-state index in [1.165, 1.54) is 6.07 Å². The van der Waals surface area contributed by atoms with Crippen molar-refractivity contribution < 1.29 is 36.2 Å². The molecule has 0 radical (unpaired) electrons. The van der Waals surface area contributed by atoms with Gasteiger partial charge in [-0.2, -0.15) is 5.26 Å². The predicted molar refractivity (Wildman–Crippen MR) is 116 cm³/mol. The summed E-state index contributed by atoms with van der Waals surface area (Å²) in [5.41, 5.74) is -1.61. The lowest BCUT2D eigenvalue weighted by Gasteiger charge is -2.30. The molecule has 1 aromatic carbocycles. The monoisotopic (exact) mass is 485 g/mol. The molecule has 1 fully saturated rings. The molecule has 1 heterocycles. The zero-order chi connectivity index (χ0) is 24.7. The van der Waals surface area contributed by atoms with E-state index in [-0.39, 0.29) is 56.8 Å². The number of nitriles is 1. The van der Waals surface area contributed by atoms with Crippen LogP contribution in [0.1, 0.15) is 46.5 Å². The number of esters is 1. The molecule has 182 valence electrons. The van der Waals surface area contributed by atoms with Gasteiger partial charge in [0.15, 0.2) is 9.84 Å². The molecule has 0 spiro atoms.